The van der Waals surface area contributed by atoms with Crippen molar-refractivity contribution in [3.8, 4) is 0 Å². The number of hydrogen-bond acceptors (Lipinski definition) is 0. The minimum atomic E-state index is -0.114. The van der Waals surface area contributed by atoms with Crippen LogP contribution in [-0.2, 0) is 0 Å². The molecule has 0 aliphatic carbocycles. The molecule has 0 radical (unpaired) electrons. The van der Waals surface area contributed by atoms with E-state index in [9.17, 15) is 0 Å². The third kappa shape index (κ3) is 6.80. The molecular formula is C6H16Sn. The molecule has 1 heteroatoms. The zero-order valence-electron chi connectivity index (χ0n) is 5.54. The van der Waals surface area contributed by atoms with E-state index in [1.54, 1.807) is 8.87 Å². The number of hydrogen-bond donors (Lipinski definition) is 0. The van der Waals surface area contributed by atoms with Gasteiger partial charge in [-0.3, -0.25) is 0 Å². The number of rotatable bonds is 4. The first-order valence-electron chi connectivity index (χ1n) is 3.41. The van der Waals surface area contributed by atoms with Crippen LogP contribution in [0.4, 0.5) is 0 Å². The Bertz CT molecular complexity index is 23.4. The third-order valence-electron chi connectivity index (χ3n) is 1.21. The van der Waals surface area contributed by atoms with E-state index in [-0.39, 0.29) is 21.1 Å². The first kappa shape index (κ1) is 7.80. The van der Waals surface area contributed by atoms with Gasteiger partial charge in [0, 0.05) is 0 Å². The maximum absolute atomic E-state index is 2.30. The molecule has 0 heterocycles. The van der Waals surface area contributed by atoms with Crippen LogP contribution in [0.2, 0.25) is 8.87 Å². The zero-order valence-corrected chi connectivity index (χ0v) is 9.57. The summed E-state index contributed by atoms with van der Waals surface area (Å²) in [6.45, 7) is 4.60. The Hall–Kier alpha value is 0.799. The van der Waals surface area contributed by atoms with Crippen LogP contribution in [-0.4, -0.2) is 21.1 Å². The molecule has 0 saturated heterocycles. The summed E-state index contributed by atoms with van der Waals surface area (Å²) in [5.74, 6) is 0. The molecule has 0 aliphatic rings. The SMILES string of the molecule is CC[CH2][SnH2][CH2]CC. The van der Waals surface area contributed by atoms with Crippen molar-refractivity contribution in [1.29, 1.82) is 0 Å². The molecule has 0 amide bonds. The van der Waals surface area contributed by atoms with Gasteiger partial charge >= 0.3 is 56.7 Å². The van der Waals surface area contributed by atoms with E-state index in [0.717, 1.165) is 0 Å². The second-order valence-corrected chi connectivity index (χ2v) is 8.12. The molecule has 0 rings (SSSR count). The fourth-order valence-electron chi connectivity index (χ4n) is 0.677. The van der Waals surface area contributed by atoms with Crippen molar-refractivity contribution in [3.05, 3.63) is 0 Å². The summed E-state index contributed by atoms with van der Waals surface area (Å²) in [6, 6.07) is 0. The van der Waals surface area contributed by atoms with Gasteiger partial charge in [-0.05, 0) is 0 Å². The summed E-state index contributed by atoms with van der Waals surface area (Å²) in [5, 5.41) is 0. The fraction of sp³-hybridized carbons (Fsp3) is 1.00. The first-order valence-corrected chi connectivity index (χ1v) is 9.12. The molecule has 0 atom stereocenters. The van der Waals surface area contributed by atoms with Gasteiger partial charge in [-0.25, -0.2) is 0 Å². The van der Waals surface area contributed by atoms with Gasteiger partial charge in [-0.1, -0.05) is 0 Å². The van der Waals surface area contributed by atoms with Gasteiger partial charge < -0.3 is 0 Å². The maximum atomic E-state index is 2.30. The second-order valence-electron chi connectivity index (χ2n) is 2.06. The molecule has 0 aromatic rings. The van der Waals surface area contributed by atoms with Gasteiger partial charge in [0.15, 0.2) is 0 Å². The predicted molar refractivity (Wildman–Crippen MR) is 38.7 cm³/mol. The summed E-state index contributed by atoms with van der Waals surface area (Å²) < 4.78 is 3.27. The van der Waals surface area contributed by atoms with Gasteiger partial charge in [0.25, 0.3) is 0 Å². The zero-order chi connectivity index (χ0) is 5.54. The van der Waals surface area contributed by atoms with Crippen LogP contribution in [0, 0.1) is 0 Å². The van der Waals surface area contributed by atoms with Crippen molar-refractivity contribution < 1.29 is 0 Å². The molecule has 0 N–H and O–H groups in total. The quantitative estimate of drug-likeness (QED) is 0.487. The van der Waals surface area contributed by atoms with E-state index in [4.69, 9.17) is 0 Å². The van der Waals surface area contributed by atoms with Gasteiger partial charge in [-0.2, -0.15) is 0 Å². The van der Waals surface area contributed by atoms with E-state index in [1.807, 2.05) is 0 Å². The summed E-state index contributed by atoms with van der Waals surface area (Å²) in [6.07, 6.45) is 2.91. The monoisotopic (exact) mass is 208 g/mol. The Kier molecular flexibility index (Phi) is 7.57. The van der Waals surface area contributed by atoms with E-state index in [1.165, 1.54) is 12.8 Å². The molecule has 0 spiro atoms. The summed E-state index contributed by atoms with van der Waals surface area (Å²) in [5.41, 5.74) is 0. The average molecular weight is 207 g/mol. The Morgan fingerprint density at radius 2 is 1.43 bits per heavy atom. The molecule has 0 saturated carbocycles. The van der Waals surface area contributed by atoms with Crippen LogP contribution >= 0.6 is 0 Å². The summed E-state index contributed by atoms with van der Waals surface area (Å²) >= 11 is -0.114. The van der Waals surface area contributed by atoms with E-state index >= 15 is 0 Å². The molecule has 0 aromatic heterocycles. The molecule has 0 fully saturated rings. The van der Waals surface area contributed by atoms with Crippen LogP contribution in [0.25, 0.3) is 0 Å². The molecular weight excluding hydrogens is 191 g/mol. The minimum absolute atomic E-state index is 0.114. The molecule has 0 bridgehead atoms. The van der Waals surface area contributed by atoms with Gasteiger partial charge in [0.2, 0.25) is 0 Å². The fourth-order valence-corrected chi connectivity index (χ4v) is 4.54. The van der Waals surface area contributed by atoms with Crippen molar-refractivity contribution in [2.24, 2.45) is 0 Å². The Morgan fingerprint density at radius 1 is 1.00 bits per heavy atom. The molecule has 0 aromatic carbocycles. The van der Waals surface area contributed by atoms with E-state index < -0.39 is 0 Å². The Morgan fingerprint density at radius 3 is 1.71 bits per heavy atom. The van der Waals surface area contributed by atoms with Crippen LogP contribution in [0.5, 0.6) is 0 Å². The van der Waals surface area contributed by atoms with Crippen LogP contribution in [0.1, 0.15) is 26.7 Å². The Labute approximate surface area is 56.9 Å². The Balaban J connectivity index is 2.45. The van der Waals surface area contributed by atoms with Crippen molar-refractivity contribution in [2.75, 3.05) is 0 Å². The van der Waals surface area contributed by atoms with Gasteiger partial charge in [-0.15, -0.1) is 0 Å². The molecule has 0 nitrogen and oxygen atoms in total. The van der Waals surface area contributed by atoms with Crippen molar-refractivity contribution in [1.82, 2.24) is 0 Å². The van der Waals surface area contributed by atoms with Gasteiger partial charge in [0.1, 0.15) is 0 Å². The average Bonchev–Trinajstić information content (AvgIpc) is 1.69. The van der Waals surface area contributed by atoms with Crippen molar-refractivity contribution in [3.63, 3.8) is 0 Å². The normalized spacial score (nSPS) is 9.43. The molecule has 0 unspecified atom stereocenters. The van der Waals surface area contributed by atoms with Crippen LogP contribution in [0.3, 0.4) is 0 Å². The summed E-state index contributed by atoms with van der Waals surface area (Å²) in [4.78, 5) is 0. The van der Waals surface area contributed by atoms with Crippen LogP contribution < -0.4 is 0 Å². The second kappa shape index (κ2) is 6.80. The van der Waals surface area contributed by atoms with Gasteiger partial charge in [0.05, 0.1) is 0 Å². The molecule has 7 heavy (non-hydrogen) atoms. The topological polar surface area (TPSA) is 0 Å². The standard InChI is InChI=1S/2C3H7.Sn.2H/c2*1-3-2;;;/h2*1,3H2,2H3;;;. The molecule has 0 aliphatic heterocycles. The summed E-state index contributed by atoms with van der Waals surface area (Å²) in [7, 11) is 0. The third-order valence-corrected chi connectivity index (χ3v) is 8.10. The van der Waals surface area contributed by atoms with E-state index in [0.29, 0.717) is 0 Å². The van der Waals surface area contributed by atoms with Crippen molar-refractivity contribution in [2.45, 2.75) is 35.6 Å². The van der Waals surface area contributed by atoms with Crippen molar-refractivity contribution >= 4 is 21.1 Å². The van der Waals surface area contributed by atoms with Crippen LogP contribution in [0.15, 0.2) is 0 Å². The predicted octanol–water partition coefficient (Wildman–Crippen LogP) is 1.81. The molecule has 44 valence electrons. The van der Waals surface area contributed by atoms with E-state index in [2.05, 4.69) is 13.8 Å². The first-order chi connectivity index (χ1) is 3.41.